The van der Waals surface area contributed by atoms with Gasteiger partial charge in [-0.25, -0.2) is 10.5 Å². The van der Waals surface area contributed by atoms with Crippen LogP contribution in [0.25, 0.3) is 6.08 Å². The molecule has 1 aliphatic heterocycles. The molecule has 3 N–H and O–H groups in total. The van der Waals surface area contributed by atoms with Crippen molar-refractivity contribution in [3.05, 3.63) is 47.0 Å². The number of anilines is 2. The van der Waals surface area contributed by atoms with Gasteiger partial charge in [0.1, 0.15) is 0 Å². The average Bonchev–Trinajstić information content (AvgIpc) is 3.15. The van der Waals surface area contributed by atoms with Crippen LogP contribution in [0.15, 0.2) is 36.5 Å². The fourth-order valence-electron chi connectivity index (χ4n) is 2.47. The largest absolute Gasteiger partial charge is 0.380 e. The lowest BCUT2D eigenvalue weighted by Gasteiger charge is -2.25. The van der Waals surface area contributed by atoms with E-state index in [1.807, 2.05) is 30.5 Å². The van der Waals surface area contributed by atoms with Crippen molar-refractivity contribution in [2.75, 3.05) is 36.5 Å². The van der Waals surface area contributed by atoms with Gasteiger partial charge in [0.15, 0.2) is 5.13 Å². The number of para-hydroxylation sites is 1. The van der Waals surface area contributed by atoms with Gasteiger partial charge in [-0.15, -0.1) is 11.3 Å². The molecule has 8 heteroatoms. The van der Waals surface area contributed by atoms with Crippen LogP contribution >= 0.6 is 11.3 Å². The summed E-state index contributed by atoms with van der Waals surface area (Å²) in [4.78, 5) is 19.0. The number of hydrogen-bond donors (Lipinski definition) is 3. The van der Waals surface area contributed by atoms with E-state index in [-0.39, 0.29) is 0 Å². The van der Waals surface area contributed by atoms with Gasteiger partial charge in [-0.05, 0) is 17.7 Å². The second-order valence-electron chi connectivity index (χ2n) is 5.46. The molecular weight excluding hydrogens is 340 g/mol. The van der Waals surface area contributed by atoms with Crippen molar-refractivity contribution in [3.63, 3.8) is 0 Å². The predicted octanol–water partition coefficient (Wildman–Crippen LogP) is 2.11. The predicted molar refractivity (Wildman–Crippen MR) is 97.9 cm³/mol. The molecule has 1 aromatic carbocycles. The van der Waals surface area contributed by atoms with Gasteiger partial charge >= 0.3 is 0 Å². The number of thiazole rings is 1. The molecule has 3 rings (SSSR count). The first-order valence-corrected chi connectivity index (χ1v) is 8.80. The van der Waals surface area contributed by atoms with Crippen molar-refractivity contribution >= 4 is 34.1 Å². The third kappa shape index (κ3) is 4.79. The highest BCUT2D eigenvalue weighted by Crippen LogP contribution is 2.25. The van der Waals surface area contributed by atoms with E-state index in [2.05, 4.69) is 15.2 Å². The van der Waals surface area contributed by atoms with Crippen LogP contribution in [0.5, 0.6) is 0 Å². The van der Waals surface area contributed by atoms with Crippen LogP contribution in [0.1, 0.15) is 10.4 Å². The first kappa shape index (κ1) is 17.4. The van der Waals surface area contributed by atoms with Gasteiger partial charge in [-0.3, -0.25) is 10.0 Å². The van der Waals surface area contributed by atoms with Gasteiger partial charge in [0.05, 0.1) is 19.8 Å². The van der Waals surface area contributed by atoms with Crippen molar-refractivity contribution in [2.24, 2.45) is 0 Å². The van der Waals surface area contributed by atoms with Crippen molar-refractivity contribution in [1.29, 1.82) is 0 Å². The molecule has 1 aromatic heterocycles. The van der Waals surface area contributed by atoms with Gasteiger partial charge in [0, 0.05) is 35.9 Å². The minimum atomic E-state index is -0.563. The Balaban J connectivity index is 1.63. The molecule has 0 spiro atoms. The standard InChI is InChI=1S/C17H20N4O3S/c22-16(20-23)6-5-13-3-1-2-4-15(13)18-11-14-12-19-17(25-14)21-7-9-24-10-8-21/h1-6,12,18,23H,7-11H2,(H,20,22). The van der Waals surface area contributed by atoms with E-state index >= 15 is 0 Å². The number of carbonyl (C=O) groups excluding carboxylic acids is 1. The minimum absolute atomic E-state index is 0.563. The zero-order valence-electron chi connectivity index (χ0n) is 13.6. The first-order valence-electron chi connectivity index (χ1n) is 7.99. The van der Waals surface area contributed by atoms with Crippen LogP contribution in [0.4, 0.5) is 10.8 Å². The summed E-state index contributed by atoms with van der Waals surface area (Å²) in [5.74, 6) is -0.563. The zero-order valence-corrected chi connectivity index (χ0v) is 14.5. The molecule has 1 amide bonds. The second-order valence-corrected chi connectivity index (χ2v) is 6.55. The van der Waals surface area contributed by atoms with Gasteiger partial charge < -0.3 is 15.0 Å². The van der Waals surface area contributed by atoms with Crippen LogP contribution in [0, 0.1) is 0 Å². The Labute approximate surface area is 149 Å². The molecule has 2 heterocycles. The Morgan fingerprint density at radius 1 is 1.36 bits per heavy atom. The van der Waals surface area contributed by atoms with Crippen LogP contribution in [-0.2, 0) is 16.1 Å². The van der Waals surface area contributed by atoms with Crippen LogP contribution in [0.3, 0.4) is 0 Å². The highest BCUT2D eigenvalue weighted by molar-refractivity contribution is 7.15. The molecule has 0 bridgehead atoms. The van der Waals surface area contributed by atoms with E-state index in [9.17, 15) is 4.79 Å². The third-order valence-electron chi connectivity index (χ3n) is 3.76. The summed E-state index contributed by atoms with van der Waals surface area (Å²) in [6.07, 6.45) is 4.82. The topological polar surface area (TPSA) is 86.7 Å². The maximum atomic E-state index is 11.1. The fraction of sp³-hybridized carbons (Fsp3) is 0.294. The second kappa shape index (κ2) is 8.61. The number of morpholine rings is 1. The quantitative estimate of drug-likeness (QED) is 0.416. The lowest BCUT2D eigenvalue weighted by Crippen LogP contribution is -2.36. The van der Waals surface area contributed by atoms with Crippen molar-refractivity contribution < 1.29 is 14.7 Å². The van der Waals surface area contributed by atoms with Gasteiger partial charge in [0.25, 0.3) is 5.91 Å². The molecule has 2 aromatic rings. The number of benzene rings is 1. The number of hydroxylamine groups is 1. The van der Waals surface area contributed by atoms with Crippen molar-refractivity contribution in [3.8, 4) is 0 Å². The molecule has 0 aliphatic carbocycles. The Morgan fingerprint density at radius 2 is 2.16 bits per heavy atom. The van der Waals surface area contributed by atoms with Crippen LogP contribution < -0.4 is 15.7 Å². The molecule has 0 radical (unpaired) electrons. The van der Waals surface area contributed by atoms with E-state index in [0.717, 1.165) is 47.6 Å². The molecule has 132 valence electrons. The number of nitrogens with one attached hydrogen (secondary N) is 2. The van der Waals surface area contributed by atoms with Crippen molar-refractivity contribution in [1.82, 2.24) is 10.5 Å². The Kier molecular flexibility index (Phi) is 5.99. The molecule has 1 fully saturated rings. The summed E-state index contributed by atoms with van der Waals surface area (Å²) in [5.41, 5.74) is 3.35. The van der Waals surface area contributed by atoms with E-state index in [0.29, 0.717) is 6.54 Å². The summed E-state index contributed by atoms with van der Waals surface area (Å²) in [5, 5.41) is 13.0. The summed E-state index contributed by atoms with van der Waals surface area (Å²) in [6.45, 7) is 3.89. The molecule has 7 nitrogen and oxygen atoms in total. The molecule has 0 unspecified atom stereocenters. The normalized spacial score (nSPS) is 14.7. The zero-order chi connectivity index (χ0) is 17.5. The lowest BCUT2D eigenvalue weighted by atomic mass is 10.1. The maximum absolute atomic E-state index is 11.1. The van der Waals surface area contributed by atoms with Gasteiger partial charge in [0.2, 0.25) is 0 Å². The van der Waals surface area contributed by atoms with Crippen molar-refractivity contribution in [2.45, 2.75) is 6.54 Å². The highest BCUT2D eigenvalue weighted by Gasteiger charge is 2.14. The maximum Gasteiger partial charge on any atom is 0.267 e. The lowest BCUT2D eigenvalue weighted by molar-refractivity contribution is -0.124. The fourth-order valence-corrected chi connectivity index (χ4v) is 3.37. The van der Waals surface area contributed by atoms with E-state index in [4.69, 9.17) is 9.94 Å². The van der Waals surface area contributed by atoms with Crippen LogP contribution in [-0.4, -0.2) is 42.4 Å². The molecule has 0 atom stereocenters. The SMILES string of the molecule is O=C(C=Cc1ccccc1NCc1cnc(N2CCOCC2)s1)NO. The average molecular weight is 360 g/mol. The van der Waals surface area contributed by atoms with Gasteiger partial charge in [-0.2, -0.15) is 0 Å². The minimum Gasteiger partial charge on any atom is -0.380 e. The van der Waals surface area contributed by atoms with Crippen LogP contribution in [0.2, 0.25) is 0 Å². The molecule has 1 aliphatic rings. The summed E-state index contributed by atoms with van der Waals surface area (Å²) < 4.78 is 5.37. The molecular formula is C17H20N4O3S. The third-order valence-corrected chi connectivity index (χ3v) is 4.82. The summed E-state index contributed by atoms with van der Waals surface area (Å²) in [6, 6.07) is 7.66. The van der Waals surface area contributed by atoms with E-state index in [1.54, 1.807) is 22.9 Å². The Bertz CT molecular complexity index is 741. The first-order chi connectivity index (χ1) is 12.3. The van der Waals surface area contributed by atoms with E-state index in [1.165, 1.54) is 6.08 Å². The number of carbonyl (C=O) groups is 1. The smallest absolute Gasteiger partial charge is 0.267 e. The Hall–Kier alpha value is -2.42. The molecule has 1 saturated heterocycles. The van der Waals surface area contributed by atoms with E-state index < -0.39 is 5.91 Å². The summed E-state index contributed by atoms with van der Waals surface area (Å²) >= 11 is 1.67. The number of ether oxygens (including phenoxy) is 1. The molecule has 25 heavy (non-hydrogen) atoms. The Morgan fingerprint density at radius 3 is 2.96 bits per heavy atom. The number of nitrogens with zero attached hydrogens (tertiary/aromatic N) is 2. The summed E-state index contributed by atoms with van der Waals surface area (Å²) in [7, 11) is 0. The number of amides is 1. The number of rotatable bonds is 6. The number of hydrogen-bond acceptors (Lipinski definition) is 7. The number of aromatic nitrogens is 1. The highest BCUT2D eigenvalue weighted by atomic mass is 32.1. The van der Waals surface area contributed by atoms with Gasteiger partial charge in [-0.1, -0.05) is 18.2 Å². The monoisotopic (exact) mass is 360 g/mol. The molecule has 0 saturated carbocycles.